The second-order valence-corrected chi connectivity index (χ2v) is 5.82. The summed E-state index contributed by atoms with van der Waals surface area (Å²) in [4.78, 5) is 12.1. The highest BCUT2D eigenvalue weighted by molar-refractivity contribution is 5.79. The lowest BCUT2D eigenvalue weighted by molar-refractivity contribution is -0.125. The van der Waals surface area contributed by atoms with E-state index in [1.807, 2.05) is 0 Å². The molecule has 0 aromatic carbocycles. The standard InChI is InChI=1S/C14H26N2O/c15-12-9-8-11(10-12)14(17)16-13-6-4-2-1-3-5-7-13/h11-13H,1-10,15H2,(H,16,17). The normalized spacial score (nSPS) is 31.8. The molecule has 2 unspecified atom stereocenters. The summed E-state index contributed by atoms with van der Waals surface area (Å²) in [6, 6.07) is 0.683. The Morgan fingerprint density at radius 1 is 0.941 bits per heavy atom. The van der Waals surface area contributed by atoms with Gasteiger partial charge in [-0.3, -0.25) is 4.79 Å². The minimum atomic E-state index is 0.190. The molecule has 3 N–H and O–H groups in total. The molecule has 3 heteroatoms. The van der Waals surface area contributed by atoms with Gasteiger partial charge in [0.1, 0.15) is 0 Å². The van der Waals surface area contributed by atoms with Gasteiger partial charge in [0.2, 0.25) is 5.91 Å². The summed E-state index contributed by atoms with van der Waals surface area (Å²) < 4.78 is 0. The average Bonchev–Trinajstić information content (AvgIpc) is 2.68. The largest absolute Gasteiger partial charge is 0.353 e. The average molecular weight is 238 g/mol. The lowest BCUT2D eigenvalue weighted by Gasteiger charge is -2.22. The molecule has 0 spiro atoms. The summed E-state index contributed by atoms with van der Waals surface area (Å²) in [7, 11) is 0. The van der Waals surface area contributed by atoms with Crippen LogP contribution in [0.15, 0.2) is 0 Å². The van der Waals surface area contributed by atoms with Crippen molar-refractivity contribution in [1.29, 1.82) is 0 Å². The van der Waals surface area contributed by atoms with Crippen molar-refractivity contribution in [1.82, 2.24) is 5.32 Å². The van der Waals surface area contributed by atoms with Crippen LogP contribution in [0.2, 0.25) is 0 Å². The van der Waals surface area contributed by atoms with Gasteiger partial charge in [-0.1, -0.05) is 32.1 Å². The van der Waals surface area contributed by atoms with E-state index in [0.717, 1.165) is 19.3 Å². The Bertz CT molecular complexity index is 247. The predicted octanol–water partition coefficient (Wildman–Crippen LogP) is 2.34. The van der Waals surface area contributed by atoms with E-state index in [4.69, 9.17) is 5.73 Å². The lowest BCUT2D eigenvalue weighted by atomic mass is 9.96. The van der Waals surface area contributed by atoms with E-state index in [1.54, 1.807) is 0 Å². The maximum atomic E-state index is 12.1. The Morgan fingerprint density at radius 3 is 2.18 bits per heavy atom. The third-order valence-corrected chi connectivity index (χ3v) is 4.30. The molecule has 0 saturated heterocycles. The van der Waals surface area contributed by atoms with E-state index in [0.29, 0.717) is 6.04 Å². The SMILES string of the molecule is NC1CCC(C(=O)NC2CCCCCCC2)C1. The van der Waals surface area contributed by atoms with Crippen LogP contribution in [-0.4, -0.2) is 18.0 Å². The van der Waals surface area contributed by atoms with Gasteiger partial charge < -0.3 is 11.1 Å². The fourth-order valence-electron chi connectivity index (χ4n) is 3.17. The summed E-state index contributed by atoms with van der Waals surface area (Å²) in [6.07, 6.45) is 11.8. The van der Waals surface area contributed by atoms with Gasteiger partial charge in [-0.05, 0) is 32.1 Å². The zero-order chi connectivity index (χ0) is 12.1. The predicted molar refractivity (Wildman–Crippen MR) is 69.6 cm³/mol. The molecule has 2 aliphatic rings. The summed E-state index contributed by atoms with van der Waals surface area (Å²) in [5, 5.41) is 3.25. The number of amides is 1. The quantitative estimate of drug-likeness (QED) is 0.776. The smallest absolute Gasteiger partial charge is 0.223 e. The summed E-state index contributed by atoms with van der Waals surface area (Å²) >= 11 is 0. The molecule has 0 aromatic heterocycles. The monoisotopic (exact) mass is 238 g/mol. The molecule has 2 atom stereocenters. The first-order valence-corrected chi connectivity index (χ1v) is 7.31. The van der Waals surface area contributed by atoms with E-state index < -0.39 is 0 Å². The van der Waals surface area contributed by atoms with Crippen LogP contribution >= 0.6 is 0 Å². The zero-order valence-electron chi connectivity index (χ0n) is 10.8. The van der Waals surface area contributed by atoms with Crippen molar-refractivity contribution in [2.75, 3.05) is 0 Å². The number of nitrogens with one attached hydrogen (secondary N) is 1. The van der Waals surface area contributed by atoms with Gasteiger partial charge in [0.25, 0.3) is 0 Å². The number of carbonyl (C=O) groups excluding carboxylic acids is 1. The molecule has 3 nitrogen and oxygen atoms in total. The van der Waals surface area contributed by atoms with Gasteiger partial charge in [-0.2, -0.15) is 0 Å². The van der Waals surface area contributed by atoms with E-state index in [2.05, 4.69) is 5.32 Å². The molecule has 1 amide bonds. The van der Waals surface area contributed by atoms with Crippen molar-refractivity contribution in [3.05, 3.63) is 0 Å². The van der Waals surface area contributed by atoms with Crippen molar-refractivity contribution in [3.8, 4) is 0 Å². The first kappa shape index (κ1) is 12.9. The number of hydrogen-bond acceptors (Lipinski definition) is 2. The Kier molecular flexibility index (Phi) is 4.84. The Hall–Kier alpha value is -0.570. The third kappa shape index (κ3) is 3.98. The molecule has 0 aliphatic heterocycles. The lowest BCUT2D eigenvalue weighted by Crippen LogP contribution is -2.39. The molecule has 0 radical (unpaired) electrons. The molecule has 2 saturated carbocycles. The summed E-state index contributed by atoms with van der Waals surface area (Å²) in [5.74, 6) is 0.457. The van der Waals surface area contributed by atoms with E-state index in [-0.39, 0.29) is 17.9 Å². The Morgan fingerprint density at radius 2 is 1.59 bits per heavy atom. The van der Waals surface area contributed by atoms with E-state index in [9.17, 15) is 4.79 Å². The van der Waals surface area contributed by atoms with Crippen molar-refractivity contribution in [2.24, 2.45) is 11.7 Å². The fraction of sp³-hybridized carbons (Fsp3) is 0.929. The number of nitrogens with two attached hydrogens (primary N) is 1. The Balaban J connectivity index is 1.76. The molecule has 2 fully saturated rings. The highest BCUT2D eigenvalue weighted by Gasteiger charge is 2.28. The second kappa shape index (κ2) is 6.39. The highest BCUT2D eigenvalue weighted by Crippen LogP contribution is 2.25. The van der Waals surface area contributed by atoms with Crippen molar-refractivity contribution in [2.45, 2.75) is 76.3 Å². The van der Waals surface area contributed by atoms with Gasteiger partial charge in [0.15, 0.2) is 0 Å². The van der Waals surface area contributed by atoms with Crippen LogP contribution in [0.5, 0.6) is 0 Å². The van der Waals surface area contributed by atoms with Gasteiger partial charge in [-0.25, -0.2) is 0 Å². The third-order valence-electron chi connectivity index (χ3n) is 4.30. The first-order chi connectivity index (χ1) is 8.25. The molecular weight excluding hydrogens is 212 g/mol. The zero-order valence-corrected chi connectivity index (χ0v) is 10.8. The van der Waals surface area contributed by atoms with Gasteiger partial charge >= 0.3 is 0 Å². The molecule has 17 heavy (non-hydrogen) atoms. The number of carbonyl (C=O) groups is 1. The molecular formula is C14H26N2O. The van der Waals surface area contributed by atoms with Crippen LogP contribution in [0, 0.1) is 5.92 Å². The van der Waals surface area contributed by atoms with Crippen LogP contribution in [0.3, 0.4) is 0 Å². The molecule has 0 heterocycles. The summed E-state index contributed by atoms with van der Waals surface area (Å²) in [6.45, 7) is 0. The van der Waals surface area contributed by atoms with E-state index in [1.165, 1.54) is 44.9 Å². The summed E-state index contributed by atoms with van der Waals surface area (Å²) in [5.41, 5.74) is 5.86. The van der Waals surface area contributed by atoms with E-state index >= 15 is 0 Å². The highest BCUT2D eigenvalue weighted by atomic mass is 16.1. The van der Waals surface area contributed by atoms with Crippen LogP contribution < -0.4 is 11.1 Å². The molecule has 0 aromatic rings. The number of rotatable bonds is 2. The van der Waals surface area contributed by atoms with Gasteiger partial charge in [0.05, 0.1) is 0 Å². The topological polar surface area (TPSA) is 55.1 Å². The maximum absolute atomic E-state index is 12.1. The molecule has 2 aliphatic carbocycles. The molecule has 0 bridgehead atoms. The van der Waals surface area contributed by atoms with Crippen molar-refractivity contribution in [3.63, 3.8) is 0 Å². The van der Waals surface area contributed by atoms with Crippen molar-refractivity contribution >= 4 is 5.91 Å². The number of hydrogen-bond donors (Lipinski definition) is 2. The molecule has 2 rings (SSSR count). The van der Waals surface area contributed by atoms with Crippen LogP contribution in [0.25, 0.3) is 0 Å². The van der Waals surface area contributed by atoms with Crippen molar-refractivity contribution < 1.29 is 4.79 Å². The van der Waals surface area contributed by atoms with Crippen LogP contribution in [0.1, 0.15) is 64.2 Å². The minimum Gasteiger partial charge on any atom is -0.353 e. The van der Waals surface area contributed by atoms with Crippen LogP contribution in [-0.2, 0) is 4.79 Å². The maximum Gasteiger partial charge on any atom is 0.223 e. The Labute approximate surface area is 105 Å². The minimum absolute atomic E-state index is 0.190. The molecule has 98 valence electrons. The van der Waals surface area contributed by atoms with Crippen LogP contribution in [0.4, 0.5) is 0 Å². The van der Waals surface area contributed by atoms with Gasteiger partial charge in [0, 0.05) is 18.0 Å². The second-order valence-electron chi connectivity index (χ2n) is 5.82. The van der Waals surface area contributed by atoms with Gasteiger partial charge in [-0.15, -0.1) is 0 Å². The fourth-order valence-corrected chi connectivity index (χ4v) is 3.17. The first-order valence-electron chi connectivity index (χ1n) is 7.31.